The summed E-state index contributed by atoms with van der Waals surface area (Å²) in [5.41, 5.74) is 0. The molecule has 0 rings (SSSR count). The van der Waals surface area contributed by atoms with Crippen LogP contribution in [0.4, 0.5) is 0 Å². The molecule has 0 aromatic carbocycles. The van der Waals surface area contributed by atoms with E-state index < -0.39 is 18.8 Å². The van der Waals surface area contributed by atoms with Crippen LogP contribution in [-0.4, -0.2) is 25.4 Å². The maximum atomic E-state index is 5.11. The zero-order chi connectivity index (χ0) is 7.33. The molecule has 0 aromatic heterocycles. The molecule has 0 amide bonds. The van der Waals surface area contributed by atoms with Gasteiger partial charge in [0.05, 0.1) is 0 Å². The summed E-state index contributed by atoms with van der Waals surface area (Å²) in [7, 11) is 0. The second-order valence-electron chi connectivity index (χ2n) is 2.77. The average molecular weight is 237 g/mol. The SMILES string of the molecule is C=CCO[O][Sn]([CH3])([CH3])[CH3]. The summed E-state index contributed by atoms with van der Waals surface area (Å²) in [6.07, 6.45) is 1.68. The molecule has 3 heteroatoms. The van der Waals surface area contributed by atoms with Crippen LogP contribution in [0.15, 0.2) is 12.7 Å². The Balaban J connectivity index is 3.17. The summed E-state index contributed by atoms with van der Waals surface area (Å²) in [6, 6.07) is 0. The van der Waals surface area contributed by atoms with Gasteiger partial charge in [0, 0.05) is 0 Å². The van der Waals surface area contributed by atoms with E-state index in [1.165, 1.54) is 0 Å². The zero-order valence-corrected chi connectivity index (χ0v) is 9.16. The second kappa shape index (κ2) is 4.30. The van der Waals surface area contributed by atoms with Crippen molar-refractivity contribution in [2.45, 2.75) is 14.8 Å². The van der Waals surface area contributed by atoms with Gasteiger partial charge in [-0.2, -0.15) is 0 Å². The molecule has 0 unspecified atom stereocenters. The molecule has 0 N–H and O–H groups in total. The first-order valence-corrected chi connectivity index (χ1v) is 12.7. The van der Waals surface area contributed by atoms with Crippen molar-refractivity contribution >= 4 is 18.8 Å². The Morgan fingerprint density at radius 3 is 2.33 bits per heavy atom. The molecule has 0 aliphatic rings. The molecule has 0 saturated heterocycles. The first kappa shape index (κ1) is 9.46. The van der Waals surface area contributed by atoms with Gasteiger partial charge in [0.25, 0.3) is 0 Å². The van der Waals surface area contributed by atoms with Crippen LogP contribution in [0, 0.1) is 0 Å². The fourth-order valence-electron chi connectivity index (χ4n) is 0.259. The molecule has 0 radical (unpaired) electrons. The van der Waals surface area contributed by atoms with Gasteiger partial charge in [-0.3, -0.25) is 0 Å². The minimum atomic E-state index is -2.10. The van der Waals surface area contributed by atoms with Gasteiger partial charge in [-0.25, -0.2) is 0 Å². The van der Waals surface area contributed by atoms with Gasteiger partial charge in [-0.15, -0.1) is 0 Å². The van der Waals surface area contributed by atoms with Crippen LogP contribution in [0.2, 0.25) is 14.8 Å². The van der Waals surface area contributed by atoms with Gasteiger partial charge in [-0.05, 0) is 0 Å². The molecule has 0 fully saturated rings. The molecule has 54 valence electrons. The summed E-state index contributed by atoms with van der Waals surface area (Å²) >= 11 is -2.10. The van der Waals surface area contributed by atoms with Crippen molar-refractivity contribution in [3.8, 4) is 0 Å². The molecular formula is C6H14O2Sn. The van der Waals surface area contributed by atoms with Crippen LogP contribution < -0.4 is 0 Å². The summed E-state index contributed by atoms with van der Waals surface area (Å²) in [6.45, 7) is 3.99. The third-order valence-corrected chi connectivity index (χ3v) is 2.26. The van der Waals surface area contributed by atoms with Gasteiger partial charge in [-0.1, -0.05) is 0 Å². The van der Waals surface area contributed by atoms with Crippen LogP contribution in [0.3, 0.4) is 0 Å². The van der Waals surface area contributed by atoms with Crippen LogP contribution in [0.5, 0.6) is 0 Å². The molecule has 0 atom stereocenters. The predicted octanol–water partition coefficient (Wildman–Crippen LogP) is 1.96. The monoisotopic (exact) mass is 238 g/mol. The van der Waals surface area contributed by atoms with Gasteiger partial charge >= 0.3 is 61.0 Å². The van der Waals surface area contributed by atoms with Crippen LogP contribution in [0.1, 0.15) is 0 Å². The minimum absolute atomic E-state index is 0.494. The molecule has 0 spiro atoms. The molecule has 2 nitrogen and oxygen atoms in total. The molecule has 0 aliphatic heterocycles. The Morgan fingerprint density at radius 2 is 2.00 bits per heavy atom. The third-order valence-electron chi connectivity index (χ3n) is 0.495. The normalized spacial score (nSPS) is 11.4. The maximum absolute atomic E-state index is 5.11. The van der Waals surface area contributed by atoms with Crippen molar-refractivity contribution in [3.63, 3.8) is 0 Å². The van der Waals surface area contributed by atoms with Gasteiger partial charge in [0.2, 0.25) is 0 Å². The van der Waals surface area contributed by atoms with E-state index >= 15 is 0 Å². The molecule has 0 heterocycles. The van der Waals surface area contributed by atoms with E-state index in [0.29, 0.717) is 6.61 Å². The summed E-state index contributed by atoms with van der Waals surface area (Å²) in [5, 5.41) is 0. The Bertz CT molecular complexity index is 85.5. The Morgan fingerprint density at radius 1 is 1.44 bits per heavy atom. The molecule has 0 aromatic rings. The van der Waals surface area contributed by atoms with E-state index in [9.17, 15) is 0 Å². The van der Waals surface area contributed by atoms with Crippen LogP contribution in [0.25, 0.3) is 0 Å². The van der Waals surface area contributed by atoms with E-state index in [-0.39, 0.29) is 0 Å². The predicted molar refractivity (Wildman–Crippen MR) is 40.6 cm³/mol. The van der Waals surface area contributed by atoms with E-state index in [0.717, 1.165) is 0 Å². The quantitative estimate of drug-likeness (QED) is 0.244. The fraction of sp³-hybridized carbons (Fsp3) is 0.667. The Hall–Kier alpha value is 0.459. The standard InChI is InChI=1S/C3H6O2.3CH3.Sn/c1-2-3-5-4;;;;/h2,4H,1,3H2;3*1H3;/q;;;;+1/p-1. The van der Waals surface area contributed by atoms with Crippen molar-refractivity contribution in [1.29, 1.82) is 0 Å². The van der Waals surface area contributed by atoms with Gasteiger partial charge in [0.1, 0.15) is 0 Å². The van der Waals surface area contributed by atoms with E-state index in [2.05, 4.69) is 21.4 Å². The molecular weight excluding hydrogens is 223 g/mol. The number of hydrogen-bond acceptors (Lipinski definition) is 2. The van der Waals surface area contributed by atoms with Crippen molar-refractivity contribution in [1.82, 2.24) is 0 Å². The summed E-state index contributed by atoms with van der Waals surface area (Å²) in [5.74, 6) is 0. The summed E-state index contributed by atoms with van der Waals surface area (Å²) in [4.78, 5) is 11.2. The fourth-order valence-corrected chi connectivity index (χ4v) is 1.46. The third kappa shape index (κ3) is 8.46. The van der Waals surface area contributed by atoms with E-state index in [4.69, 9.17) is 8.11 Å². The van der Waals surface area contributed by atoms with Gasteiger partial charge in [0.15, 0.2) is 0 Å². The second-order valence-corrected chi connectivity index (χ2v) is 15.3. The zero-order valence-electron chi connectivity index (χ0n) is 6.31. The van der Waals surface area contributed by atoms with Crippen molar-refractivity contribution in [3.05, 3.63) is 12.7 Å². The van der Waals surface area contributed by atoms with Crippen molar-refractivity contribution in [2.24, 2.45) is 0 Å². The Labute approximate surface area is 61.2 Å². The Kier molecular flexibility index (Phi) is 4.52. The van der Waals surface area contributed by atoms with Crippen molar-refractivity contribution in [2.75, 3.05) is 6.61 Å². The molecule has 9 heavy (non-hydrogen) atoms. The molecule has 0 saturated carbocycles. The molecule has 0 bridgehead atoms. The van der Waals surface area contributed by atoms with Crippen LogP contribution in [-0.2, 0) is 8.11 Å². The van der Waals surface area contributed by atoms with Gasteiger partial charge < -0.3 is 0 Å². The molecule has 0 aliphatic carbocycles. The van der Waals surface area contributed by atoms with Crippen molar-refractivity contribution < 1.29 is 8.11 Å². The first-order valence-electron chi connectivity index (χ1n) is 2.98. The summed E-state index contributed by atoms with van der Waals surface area (Å²) < 4.78 is 5.11. The number of hydrogen-bond donors (Lipinski definition) is 0. The first-order chi connectivity index (χ1) is 4.06. The average Bonchev–Trinajstić information content (AvgIpc) is 1.63. The number of rotatable bonds is 4. The van der Waals surface area contributed by atoms with Crippen LogP contribution >= 0.6 is 0 Å². The topological polar surface area (TPSA) is 18.5 Å². The van der Waals surface area contributed by atoms with E-state index in [1.54, 1.807) is 6.08 Å². The van der Waals surface area contributed by atoms with E-state index in [1.807, 2.05) is 0 Å².